The van der Waals surface area contributed by atoms with Crippen molar-refractivity contribution in [3.63, 3.8) is 0 Å². The van der Waals surface area contributed by atoms with Gasteiger partial charge in [-0.25, -0.2) is 14.3 Å². The summed E-state index contributed by atoms with van der Waals surface area (Å²) in [5, 5.41) is 8.91. The van der Waals surface area contributed by atoms with E-state index < -0.39 is 0 Å². The number of aromatic nitrogens is 6. The highest BCUT2D eigenvalue weighted by Crippen LogP contribution is 2.22. The van der Waals surface area contributed by atoms with Crippen LogP contribution in [0.4, 0.5) is 5.95 Å². The van der Waals surface area contributed by atoms with Crippen LogP contribution in [0.2, 0.25) is 0 Å². The number of fused-ring (bicyclic) bond motifs is 1. The van der Waals surface area contributed by atoms with Crippen molar-refractivity contribution >= 4 is 23.3 Å². The summed E-state index contributed by atoms with van der Waals surface area (Å²) in [6.45, 7) is 4.85. The Morgan fingerprint density at radius 2 is 2.03 bits per heavy atom. The fraction of sp³-hybridized carbons (Fsp3) is 0.250. The molecular formula is C20H20N8O. The number of morpholine rings is 1. The van der Waals surface area contributed by atoms with Gasteiger partial charge in [0, 0.05) is 25.5 Å². The van der Waals surface area contributed by atoms with Crippen molar-refractivity contribution in [3.05, 3.63) is 60.2 Å². The number of hydrogen-bond donors (Lipinski definition) is 0. The minimum atomic E-state index is 0.624. The number of ether oxygens (including phenoxy) is 1. The Balaban J connectivity index is 1.61. The van der Waals surface area contributed by atoms with Crippen LogP contribution in [0.25, 0.3) is 17.0 Å². The normalized spacial score (nSPS) is 14.9. The highest BCUT2D eigenvalue weighted by Gasteiger charge is 2.20. The Kier molecular flexibility index (Phi) is 4.49. The largest absolute Gasteiger partial charge is 0.378 e. The van der Waals surface area contributed by atoms with Crippen LogP contribution in [0, 0.1) is 6.92 Å². The van der Waals surface area contributed by atoms with Gasteiger partial charge in [0.05, 0.1) is 19.4 Å². The van der Waals surface area contributed by atoms with Gasteiger partial charge >= 0.3 is 0 Å². The number of hydrogen-bond acceptors (Lipinski definition) is 7. The maximum Gasteiger partial charge on any atom is 0.229 e. The third-order valence-electron chi connectivity index (χ3n) is 4.74. The van der Waals surface area contributed by atoms with Gasteiger partial charge in [0.15, 0.2) is 17.0 Å². The van der Waals surface area contributed by atoms with E-state index in [0.717, 1.165) is 18.7 Å². The maximum absolute atomic E-state index is 5.46. The molecule has 9 heteroatoms. The molecule has 0 saturated carbocycles. The molecule has 4 aromatic rings. The lowest BCUT2D eigenvalue weighted by Crippen LogP contribution is -2.37. The molecule has 0 spiro atoms. The molecule has 4 heterocycles. The summed E-state index contributed by atoms with van der Waals surface area (Å²) in [5.74, 6) is 1.25. The fourth-order valence-corrected chi connectivity index (χ4v) is 3.29. The summed E-state index contributed by atoms with van der Waals surface area (Å²) in [7, 11) is 0. The molecule has 29 heavy (non-hydrogen) atoms. The van der Waals surface area contributed by atoms with Crippen molar-refractivity contribution in [1.29, 1.82) is 0 Å². The van der Waals surface area contributed by atoms with Crippen molar-refractivity contribution < 1.29 is 4.74 Å². The van der Waals surface area contributed by atoms with Crippen LogP contribution < -0.4 is 4.90 Å². The van der Waals surface area contributed by atoms with Crippen LogP contribution in [-0.2, 0) is 4.74 Å². The molecule has 146 valence electrons. The van der Waals surface area contributed by atoms with Gasteiger partial charge in [0.1, 0.15) is 6.33 Å². The molecule has 5 rings (SSSR count). The third kappa shape index (κ3) is 3.47. The zero-order chi connectivity index (χ0) is 19.6. The van der Waals surface area contributed by atoms with Crippen LogP contribution >= 0.6 is 0 Å². The molecule has 0 radical (unpaired) electrons. The minimum absolute atomic E-state index is 0.624. The molecule has 0 unspecified atom stereocenters. The van der Waals surface area contributed by atoms with E-state index in [1.807, 2.05) is 24.4 Å². The van der Waals surface area contributed by atoms with Crippen LogP contribution in [0.1, 0.15) is 11.1 Å². The first-order valence-electron chi connectivity index (χ1n) is 9.47. The van der Waals surface area contributed by atoms with E-state index in [-0.39, 0.29) is 0 Å². The van der Waals surface area contributed by atoms with Gasteiger partial charge in [-0.15, -0.1) is 0 Å². The zero-order valence-electron chi connectivity index (χ0n) is 16.0. The molecule has 1 aromatic carbocycles. The smallest absolute Gasteiger partial charge is 0.229 e. The van der Waals surface area contributed by atoms with Crippen molar-refractivity contribution in [2.75, 3.05) is 31.2 Å². The Bertz CT molecular complexity index is 1160. The predicted molar refractivity (Wildman–Crippen MR) is 110 cm³/mol. The summed E-state index contributed by atoms with van der Waals surface area (Å²) in [5.41, 5.74) is 3.48. The Morgan fingerprint density at radius 1 is 1.14 bits per heavy atom. The number of rotatable bonds is 4. The second-order valence-corrected chi connectivity index (χ2v) is 6.82. The number of nitrogens with zero attached hydrogens (tertiary/aromatic N) is 8. The molecule has 0 amide bonds. The van der Waals surface area contributed by atoms with Crippen LogP contribution in [0.3, 0.4) is 0 Å². The average molecular weight is 388 g/mol. The molecule has 0 bridgehead atoms. The average Bonchev–Trinajstić information content (AvgIpc) is 3.42. The zero-order valence-corrected chi connectivity index (χ0v) is 16.0. The van der Waals surface area contributed by atoms with Crippen molar-refractivity contribution in [2.24, 2.45) is 5.10 Å². The maximum atomic E-state index is 5.46. The first kappa shape index (κ1) is 17.5. The lowest BCUT2D eigenvalue weighted by Gasteiger charge is -2.26. The molecular weight excluding hydrogens is 368 g/mol. The van der Waals surface area contributed by atoms with Gasteiger partial charge in [-0.1, -0.05) is 29.8 Å². The number of anilines is 1. The van der Waals surface area contributed by atoms with Gasteiger partial charge in [-0.05, 0) is 18.6 Å². The number of aryl methyl sites for hydroxylation is 1. The quantitative estimate of drug-likeness (QED) is 0.497. The second-order valence-electron chi connectivity index (χ2n) is 6.82. The number of imidazole rings is 1. The first-order chi connectivity index (χ1) is 14.3. The Labute approximate surface area is 167 Å². The summed E-state index contributed by atoms with van der Waals surface area (Å²) >= 11 is 0. The lowest BCUT2D eigenvalue weighted by atomic mass is 10.2. The van der Waals surface area contributed by atoms with Gasteiger partial charge in [0.25, 0.3) is 0 Å². The summed E-state index contributed by atoms with van der Waals surface area (Å²) in [6, 6.07) is 10.0. The minimum Gasteiger partial charge on any atom is -0.378 e. The molecule has 1 saturated heterocycles. The fourth-order valence-electron chi connectivity index (χ4n) is 3.29. The van der Waals surface area contributed by atoms with Crippen LogP contribution in [0.5, 0.6) is 0 Å². The van der Waals surface area contributed by atoms with E-state index in [2.05, 4.69) is 39.1 Å². The van der Waals surface area contributed by atoms with E-state index in [4.69, 9.17) is 14.7 Å². The van der Waals surface area contributed by atoms with Gasteiger partial charge in [-0.2, -0.15) is 20.2 Å². The summed E-state index contributed by atoms with van der Waals surface area (Å²) in [6.07, 6.45) is 7.02. The van der Waals surface area contributed by atoms with E-state index in [1.165, 1.54) is 5.56 Å². The van der Waals surface area contributed by atoms with E-state index in [0.29, 0.717) is 36.1 Å². The highest BCUT2D eigenvalue weighted by atomic mass is 16.5. The first-order valence-corrected chi connectivity index (χ1v) is 9.47. The predicted octanol–water partition coefficient (Wildman–Crippen LogP) is 2.04. The van der Waals surface area contributed by atoms with Crippen molar-refractivity contribution in [2.45, 2.75) is 6.92 Å². The SMILES string of the molecule is Cc1cccc(/C=N/n2cnc3c(-n4cccn4)nc(N4CCOCC4)nc32)c1. The Hall–Kier alpha value is -3.59. The van der Waals surface area contributed by atoms with Crippen molar-refractivity contribution in [1.82, 2.24) is 29.4 Å². The van der Waals surface area contributed by atoms with E-state index >= 15 is 0 Å². The Morgan fingerprint density at radius 3 is 2.83 bits per heavy atom. The molecule has 0 N–H and O–H groups in total. The highest BCUT2D eigenvalue weighted by molar-refractivity contribution is 5.83. The standard InChI is InChI=1S/C20H20N8O/c1-15-4-2-5-16(12-15)13-23-28-14-21-17-18(27-7-3-6-22-27)24-20(25-19(17)28)26-8-10-29-11-9-26/h2-7,12-14H,8-11H2,1H3/b23-13+. The summed E-state index contributed by atoms with van der Waals surface area (Å²) < 4.78 is 8.84. The molecule has 0 atom stereocenters. The van der Waals surface area contributed by atoms with Gasteiger partial charge < -0.3 is 9.64 Å². The van der Waals surface area contributed by atoms with E-state index in [1.54, 1.807) is 28.1 Å². The van der Waals surface area contributed by atoms with Crippen LogP contribution in [0.15, 0.2) is 54.2 Å². The molecule has 1 fully saturated rings. The van der Waals surface area contributed by atoms with Crippen molar-refractivity contribution in [3.8, 4) is 5.82 Å². The van der Waals surface area contributed by atoms with E-state index in [9.17, 15) is 0 Å². The third-order valence-corrected chi connectivity index (χ3v) is 4.74. The second kappa shape index (κ2) is 7.44. The molecule has 1 aliphatic heterocycles. The van der Waals surface area contributed by atoms with Gasteiger partial charge in [0.2, 0.25) is 5.95 Å². The summed E-state index contributed by atoms with van der Waals surface area (Å²) in [4.78, 5) is 16.1. The monoisotopic (exact) mass is 388 g/mol. The lowest BCUT2D eigenvalue weighted by molar-refractivity contribution is 0.122. The molecule has 3 aromatic heterocycles. The molecule has 9 nitrogen and oxygen atoms in total. The van der Waals surface area contributed by atoms with Crippen LogP contribution in [-0.4, -0.2) is 61.9 Å². The topological polar surface area (TPSA) is 86.2 Å². The van der Waals surface area contributed by atoms with Gasteiger partial charge in [-0.3, -0.25) is 0 Å². The molecule has 1 aliphatic rings. The number of benzene rings is 1. The molecule has 0 aliphatic carbocycles.